The molecule has 1 aromatic carbocycles. The molecular formula is C17H21N3OS4. The molecule has 134 valence electrons. The first-order valence-corrected chi connectivity index (χ1v) is 11.6. The zero-order valence-electron chi connectivity index (χ0n) is 14.0. The second-order valence-electron chi connectivity index (χ2n) is 5.45. The molecule has 4 nitrogen and oxygen atoms in total. The van der Waals surface area contributed by atoms with Gasteiger partial charge in [-0.05, 0) is 49.0 Å². The Kier molecular flexibility index (Phi) is 7.57. The minimum absolute atomic E-state index is 0.0183. The predicted octanol–water partition coefficient (Wildman–Crippen LogP) is 4.35. The third kappa shape index (κ3) is 6.23. The number of thiophene rings is 1. The number of hydrogen-bond acceptors (Lipinski definition) is 7. The number of aryl methyl sites for hydroxylation is 1. The molecule has 0 atom stereocenters. The number of nitrogens with zero attached hydrogens (tertiary/aromatic N) is 1. The number of amides is 1. The molecule has 2 aromatic rings. The maximum atomic E-state index is 12.2. The SMILES string of the molecule is Cc1sc(SN2CCSCC2)cc1NC(=O)CNSc1ccccc1. The Morgan fingerprint density at radius 1 is 1.24 bits per heavy atom. The first kappa shape index (κ1) is 19.1. The molecule has 0 bridgehead atoms. The first-order valence-electron chi connectivity index (χ1n) is 8.06. The summed E-state index contributed by atoms with van der Waals surface area (Å²) in [6.07, 6.45) is 0. The minimum Gasteiger partial charge on any atom is -0.324 e. The van der Waals surface area contributed by atoms with E-state index in [0.29, 0.717) is 0 Å². The van der Waals surface area contributed by atoms with Crippen molar-refractivity contribution in [1.29, 1.82) is 0 Å². The number of anilines is 1. The monoisotopic (exact) mass is 411 g/mol. The lowest BCUT2D eigenvalue weighted by atomic mass is 10.4. The second kappa shape index (κ2) is 9.89. The third-order valence-corrected chi connectivity index (χ3v) is 7.50. The topological polar surface area (TPSA) is 44.4 Å². The van der Waals surface area contributed by atoms with Crippen LogP contribution in [-0.4, -0.2) is 41.4 Å². The summed E-state index contributed by atoms with van der Waals surface area (Å²) in [4.78, 5) is 14.4. The van der Waals surface area contributed by atoms with E-state index in [0.717, 1.165) is 28.5 Å². The summed E-state index contributed by atoms with van der Waals surface area (Å²) in [5, 5.41) is 3.01. The number of rotatable bonds is 7. The summed E-state index contributed by atoms with van der Waals surface area (Å²) in [6.45, 7) is 4.58. The normalized spacial score (nSPS) is 15.2. The van der Waals surface area contributed by atoms with Crippen LogP contribution in [0.4, 0.5) is 5.69 Å². The molecule has 0 unspecified atom stereocenters. The predicted molar refractivity (Wildman–Crippen MR) is 113 cm³/mol. The number of nitrogens with one attached hydrogen (secondary N) is 2. The van der Waals surface area contributed by atoms with Crippen molar-refractivity contribution in [3.8, 4) is 0 Å². The average Bonchev–Trinajstić information content (AvgIpc) is 2.96. The van der Waals surface area contributed by atoms with Crippen LogP contribution >= 0.6 is 47.0 Å². The second-order valence-corrected chi connectivity index (χ2v) is 10.3. The van der Waals surface area contributed by atoms with Crippen molar-refractivity contribution in [1.82, 2.24) is 9.03 Å². The number of carbonyl (C=O) groups excluding carboxylic acids is 1. The van der Waals surface area contributed by atoms with Crippen LogP contribution in [-0.2, 0) is 4.79 Å². The maximum Gasteiger partial charge on any atom is 0.239 e. The van der Waals surface area contributed by atoms with Gasteiger partial charge in [0.1, 0.15) is 0 Å². The first-order chi connectivity index (χ1) is 12.2. The van der Waals surface area contributed by atoms with Gasteiger partial charge in [-0.25, -0.2) is 4.31 Å². The van der Waals surface area contributed by atoms with Crippen molar-refractivity contribution in [3.63, 3.8) is 0 Å². The van der Waals surface area contributed by atoms with Gasteiger partial charge < -0.3 is 5.32 Å². The summed E-state index contributed by atoms with van der Waals surface area (Å²) >= 11 is 7.04. The van der Waals surface area contributed by atoms with Gasteiger partial charge in [-0.15, -0.1) is 11.3 Å². The summed E-state index contributed by atoms with van der Waals surface area (Å²) < 4.78 is 6.76. The average molecular weight is 412 g/mol. The molecule has 1 amide bonds. The fourth-order valence-electron chi connectivity index (χ4n) is 2.26. The van der Waals surface area contributed by atoms with Crippen molar-refractivity contribution in [2.45, 2.75) is 16.0 Å². The van der Waals surface area contributed by atoms with Crippen molar-refractivity contribution in [3.05, 3.63) is 41.3 Å². The zero-order chi connectivity index (χ0) is 17.5. The van der Waals surface area contributed by atoms with Crippen LogP contribution in [0, 0.1) is 6.92 Å². The van der Waals surface area contributed by atoms with Crippen LogP contribution in [0.1, 0.15) is 4.88 Å². The van der Waals surface area contributed by atoms with E-state index in [9.17, 15) is 4.79 Å². The third-order valence-electron chi connectivity index (χ3n) is 3.52. The van der Waals surface area contributed by atoms with Crippen LogP contribution in [0.5, 0.6) is 0 Å². The molecule has 1 saturated heterocycles. The standard InChI is InChI=1S/C17H21N3OS4/c1-13-15(11-17(23-13)25-20-7-9-22-10-8-20)19-16(21)12-18-24-14-5-3-2-4-6-14/h2-6,11,18H,7-10,12H2,1H3,(H,19,21). The van der Waals surface area contributed by atoms with E-state index in [4.69, 9.17) is 0 Å². The van der Waals surface area contributed by atoms with Gasteiger partial charge in [0.15, 0.2) is 0 Å². The van der Waals surface area contributed by atoms with Crippen LogP contribution in [0.15, 0.2) is 45.5 Å². The molecule has 1 fully saturated rings. The summed E-state index contributed by atoms with van der Waals surface area (Å²) in [5.41, 5.74) is 0.926. The zero-order valence-corrected chi connectivity index (χ0v) is 17.3. The lowest BCUT2D eigenvalue weighted by Gasteiger charge is -2.23. The van der Waals surface area contributed by atoms with E-state index < -0.39 is 0 Å². The number of thioether (sulfide) groups is 1. The summed E-state index contributed by atoms with van der Waals surface area (Å²) in [5.74, 6) is 2.38. The van der Waals surface area contributed by atoms with Crippen molar-refractivity contribution < 1.29 is 4.79 Å². The Morgan fingerprint density at radius 2 is 2.00 bits per heavy atom. The molecule has 1 aliphatic rings. The van der Waals surface area contributed by atoms with E-state index >= 15 is 0 Å². The fraction of sp³-hybridized carbons (Fsp3) is 0.353. The molecule has 2 heterocycles. The Balaban J connectivity index is 1.46. The summed E-state index contributed by atoms with van der Waals surface area (Å²) in [7, 11) is 0. The molecule has 0 radical (unpaired) electrons. The van der Waals surface area contributed by atoms with Gasteiger partial charge in [0.25, 0.3) is 0 Å². The van der Waals surface area contributed by atoms with Crippen molar-refractivity contribution in [2.75, 3.05) is 36.5 Å². The number of hydrogen-bond donors (Lipinski definition) is 2. The van der Waals surface area contributed by atoms with Crippen LogP contribution in [0.2, 0.25) is 0 Å². The van der Waals surface area contributed by atoms with Gasteiger partial charge >= 0.3 is 0 Å². The molecule has 0 spiro atoms. The highest BCUT2D eigenvalue weighted by Gasteiger charge is 2.15. The smallest absolute Gasteiger partial charge is 0.239 e. The molecule has 8 heteroatoms. The van der Waals surface area contributed by atoms with Gasteiger partial charge in [-0.3, -0.25) is 9.52 Å². The molecule has 1 aromatic heterocycles. The van der Waals surface area contributed by atoms with E-state index in [1.807, 2.05) is 54.0 Å². The molecule has 2 N–H and O–H groups in total. The largest absolute Gasteiger partial charge is 0.324 e. The fourth-order valence-corrected chi connectivity index (χ4v) is 6.38. The number of carbonyl (C=O) groups is 1. The molecule has 0 aliphatic carbocycles. The van der Waals surface area contributed by atoms with Crippen molar-refractivity contribution >= 4 is 58.6 Å². The van der Waals surface area contributed by atoms with E-state index in [-0.39, 0.29) is 12.5 Å². The van der Waals surface area contributed by atoms with Gasteiger partial charge in [-0.1, -0.05) is 18.2 Å². The van der Waals surface area contributed by atoms with Gasteiger partial charge in [0, 0.05) is 34.4 Å². The Labute approximate surface area is 165 Å². The van der Waals surface area contributed by atoms with Crippen LogP contribution in [0.25, 0.3) is 0 Å². The quantitative estimate of drug-likeness (QED) is 0.661. The van der Waals surface area contributed by atoms with Crippen LogP contribution in [0.3, 0.4) is 0 Å². The highest BCUT2D eigenvalue weighted by atomic mass is 32.2. The highest BCUT2D eigenvalue weighted by Crippen LogP contribution is 2.36. The van der Waals surface area contributed by atoms with Gasteiger partial charge in [0.2, 0.25) is 5.91 Å². The lowest BCUT2D eigenvalue weighted by molar-refractivity contribution is -0.115. The molecule has 25 heavy (non-hydrogen) atoms. The number of benzene rings is 1. The Hall–Kier alpha value is -0.640. The molecule has 1 aliphatic heterocycles. The Morgan fingerprint density at radius 3 is 2.76 bits per heavy atom. The summed E-state index contributed by atoms with van der Waals surface area (Å²) in [6, 6.07) is 12.1. The molecule has 0 saturated carbocycles. The van der Waals surface area contributed by atoms with Crippen molar-refractivity contribution in [2.24, 2.45) is 0 Å². The molecule has 3 rings (SSSR count). The van der Waals surface area contributed by atoms with E-state index in [1.165, 1.54) is 27.7 Å². The van der Waals surface area contributed by atoms with Gasteiger partial charge in [-0.2, -0.15) is 11.8 Å². The Bertz CT molecular complexity index is 686. The molecular weight excluding hydrogens is 390 g/mol. The van der Waals surface area contributed by atoms with E-state index in [2.05, 4.69) is 27.3 Å². The lowest BCUT2D eigenvalue weighted by Crippen LogP contribution is -2.26. The highest BCUT2D eigenvalue weighted by molar-refractivity contribution is 8.00. The minimum atomic E-state index is -0.0183. The van der Waals surface area contributed by atoms with Gasteiger partial charge in [0.05, 0.1) is 16.4 Å². The maximum absolute atomic E-state index is 12.2. The van der Waals surface area contributed by atoms with E-state index in [1.54, 1.807) is 11.3 Å². The van der Waals surface area contributed by atoms with Crippen LogP contribution < -0.4 is 10.0 Å².